The minimum Gasteiger partial charge on any atom is -0.103 e. The Balaban J connectivity index is 2.70. The lowest BCUT2D eigenvalue weighted by Gasteiger charge is -2.21. The van der Waals surface area contributed by atoms with Gasteiger partial charge >= 0.3 is 0 Å². The molecule has 0 radical (unpaired) electrons. The van der Waals surface area contributed by atoms with E-state index in [0.29, 0.717) is 0 Å². The van der Waals surface area contributed by atoms with Crippen molar-refractivity contribution in [1.82, 2.24) is 0 Å². The normalized spacial score (nSPS) is 10.3. The molecule has 0 nitrogen and oxygen atoms in total. The van der Waals surface area contributed by atoms with Crippen LogP contribution in [0.4, 0.5) is 0 Å². The van der Waals surface area contributed by atoms with Crippen molar-refractivity contribution in [2.75, 3.05) is 0 Å². The van der Waals surface area contributed by atoms with Gasteiger partial charge in [-0.15, -0.1) is 11.8 Å². The standard InChI is InChI=1S/C28H36/c1-5-9-11-13-19-25-23(17-7-3)27-21-15-16-22-28(27)24(18-8-4)26(25)20-14-12-10-6-2/h15-16,21-22H,5-10,17-20H2,1-4H3. The molecule has 0 aliphatic heterocycles. The van der Waals surface area contributed by atoms with Gasteiger partial charge in [0, 0.05) is 25.7 Å². The third-order valence-corrected chi connectivity index (χ3v) is 5.20. The van der Waals surface area contributed by atoms with Gasteiger partial charge in [0.25, 0.3) is 0 Å². The van der Waals surface area contributed by atoms with Crippen LogP contribution >= 0.6 is 0 Å². The summed E-state index contributed by atoms with van der Waals surface area (Å²) in [5.41, 5.74) is 5.96. The highest BCUT2D eigenvalue weighted by Gasteiger charge is 2.17. The maximum Gasteiger partial charge on any atom is 0.0346 e. The second-order valence-electron chi connectivity index (χ2n) is 7.52. The van der Waals surface area contributed by atoms with E-state index in [4.69, 9.17) is 0 Å². The first-order valence-electron chi connectivity index (χ1n) is 11.2. The molecule has 148 valence electrons. The molecular formula is C28H36. The first kappa shape index (κ1) is 22.1. The SMILES string of the molecule is CCCC#CCc1c(CC#CCCC)c(CCC)c2ccccc2c1CCC. The van der Waals surface area contributed by atoms with Gasteiger partial charge in [-0.05, 0) is 58.7 Å². The van der Waals surface area contributed by atoms with Crippen molar-refractivity contribution in [2.45, 2.75) is 91.9 Å². The molecule has 0 aromatic heterocycles. The van der Waals surface area contributed by atoms with E-state index in [1.807, 2.05) is 0 Å². The molecule has 0 aliphatic rings. The summed E-state index contributed by atoms with van der Waals surface area (Å²) < 4.78 is 0. The predicted molar refractivity (Wildman–Crippen MR) is 125 cm³/mol. The number of aryl methyl sites for hydroxylation is 2. The maximum atomic E-state index is 3.48. The van der Waals surface area contributed by atoms with Crippen LogP contribution in [0.1, 0.15) is 88.5 Å². The van der Waals surface area contributed by atoms with Crippen molar-refractivity contribution in [1.29, 1.82) is 0 Å². The Labute approximate surface area is 173 Å². The number of hydrogen-bond donors (Lipinski definition) is 0. The summed E-state index contributed by atoms with van der Waals surface area (Å²) in [6.45, 7) is 8.95. The quantitative estimate of drug-likeness (QED) is 0.422. The second-order valence-corrected chi connectivity index (χ2v) is 7.52. The van der Waals surface area contributed by atoms with Crippen LogP contribution in [0.3, 0.4) is 0 Å². The predicted octanol–water partition coefficient (Wildman–Crippen LogP) is 7.44. The third-order valence-electron chi connectivity index (χ3n) is 5.20. The molecular weight excluding hydrogens is 336 g/mol. The first-order valence-corrected chi connectivity index (χ1v) is 11.2. The number of rotatable bonds is 8. The molecule has 0 saturated heterocycles. The number of hydrogen-bond acceptors (Lipinski definition) is 0. The average molecular weight is 373 g/mol. The summed E-state index contributed by atoms with van der Waals surface area (Å²) in [5, 5.41) is 2.87. The molecule has 28 heavy (non-hydrogen) atoms. The Morgan fingerprint density at radius 1 is 0.536 bits per heavy atom. The molecule has 0 heterocycles. The summed E-state index contributed by atoms with van der Waals surface area (Å²) in [5.74, 6) is 13.7. The summed E-state index contributed by atoms with van der Waals surface area (Å²) >= 11 is 0. The molecule has 2 aromatic rings. The molecule has 0 heteroatoms. The maximum absolute atomic E-state index is 3.48. The number of benzene rings is 2. The van der Waals surface area contributed by atoms with Crippen LogP contribution in [0.2, 0.25) is 0 Å². The van der Waals surface area contributed by atoms with E-state index >= 15 is 0 Å². The van der Waals surface area contributed by atoms with Crippen molar-refractivity contribution in [3.8, 4) is 23.7 Å². The Bertz CT molecular complexity index is 803. The van der Waals surface area contributed by atoms with E-state index in [1.165, 1.54) is 33.0 Å². The van der Waals surface area contributed by atoms with E-state index in [-0.39, 0.29) is 0 Å². The number of fused-ring (bicyclic) bond motifs is 1. The van der Waals surface area contributed by atoms with Gasteiger partial charge in [-0.2, -0.15) is 0 Å². The zero-order valence-corrected chi connectivity index (χ0v) is 18.4. The van der Waals surface area contributed by atoms with E-state index in [1.54, 1.807) is 0 Å². The zero-order valence-electron chi connectivity index (χ0n) is 18.4. The fraction of sp³-hybridized carbons (Fsp3) is 0.500. The lowest BCUT2D eigenvalue weighted by Crippen LogP contribution is -2.07. The van der Waals surface area contributed by atoms with Crippen LogP contribution in [0.15, 0.2) is 24.3 Å². The highest BCUT2D eigenvalue weighted by Crippen LogP contribution is 2.33. The molecule has 0 unspecified atom stereocenters. The van der Waals surface area contributed by atoms with Gasteiger partial charge in [0.15, 0.2) is 0 Å². The second kappa shape index (κ2) is 12.3. The average Bonchev–Trinajstić information content (AvgIpc) is 2.72. The minimum absolute atomic E-state index is 0.863. The summed E-state index contributed by atoms with van der Waals surface area (Å²) in [4.78, 5) is 0. The van der Waals surface area contributed by atoms with Crippen molar-refractivity contribution < 1.29 is 0 Å². The summed E-state index contributed by atoms with van der Waals surface area (Å²) in [6, 6.07) is 9.00. The lowest BCUT2D eigenvalue weighted by molar-refractivity contribution is 0.887. The van der Waals surface area contributed by atoms with E-state index in [2.05, 4.69) is 75.6 Å². The molecule has 0 amide bonds. The molecule has 0 spiro atoms. The monoisotopic (exact) mass is 372 g/mol. The van der Waals surface area contributed by atoms with E-state index in [9.17, 15) is 0 Å². The Hall–Kier alpha value is -2.18. The molecule has 2 rings (SSSR count). The third kappa shape index (κ3) is 5.66. The minimum atomic E-state index is 0.863. The van der Waals surface area contributed by atoms with Crippen LogP contribution in [0.5, 0.6) is 0 Å². The van der Waals surface area contributed by atoms with Gasteiger partial charge in [0.2, 0.25) is 0 Å². The van der Waals surface area contributed by atoms with Gasteiger partial charge in [0.05, 0.1) is 0 Å². The van der Waals surface area contributed by atoms with Crippen molar-refractivity contribution in [2.24, 2.45) is 0 Å². The van der Waals surface area contributed by atoms with Gasteiger partial charge < -0.3 is 0 Å². The summed E-state index contributed by atoms with van der Waals surface area (Å²) in [6.07, 6.45) is 10.5. The molecule has 0 fully saturated rings. The largest absolute Gasteiger partial charge is 0.103 e. The topological polar surface area (TPSA) is 0 Å². The first-order chi connectivity index (χ1) is 13.8. The highest BCUT2D eigenvalue weighted by molar-refractivity contribution is 5.91. The van der Waals surface area contributed by atoms with Gasteiger partial charge in [0.1, 0.15) is 0 Å². The molecule has 0 atom stereocenters. The highest BCUT2D eigenvalue weighted by atomic mass is 14.2. The molecule has 0 aliphatic carbocycles. The fourth-order valence-corrected chi connectivity index (χ4v) is 3.93. The molecule has 0 saturated carbocycles. The van der Waals surface area contributed by atoms with Crippen molar-refractivity contribution >= 4 is 10.8 Å². The van der Waals surface area contributed by atoms with Gasteiger partial charge in [-0.1, -0.05) is 76.6 Å². The molecule has 0 N–H and O–H groups in total. The van der Waals surface area contributed by atoms with E-state index < -0.39 is 0 Å². The Morgan fingerprint density at radius 2 is 0.964 bits per heavy atom. The van der Waals surface area contributed by atoms with Crippen LogP contribution in [-0.2, 0) is 25.7 Å². The van der Waals surface area contributed by atoms with Crippen molar-refractivity contribution in [3.63, 3.8) is 0 Å². The van der Waals surface area contributed by atoms with Crippen LogP contribution < -0.4 is 0 Å². The Kier molecular flexibility index (Phi) is 9.72. The fourth-order valence-electron chi connectivity index (χ4n) is 3.93. The van der Waals surface area contributed by atoms with Crippen LogP contribution in [-0.4, -0.2) is 0 Å². The lowest BCUT2D eigenvalue weighted by atomic mass is 9.83. The smallest absolute Gasteiger partial charge is 0.0346 e. The molecule has 0 bridgehead atoms. The van der Waals surface area contributed by atoms with Gasteiger partial charge in [-0.25, -0.2) is 0 Å². The van der Waals surface area contributed by atoms with Crippen molar-refractivity contribution in [3.05, 3.63) is 46.5 Å². The van der Waals surface area contributed by atoms with E-state index in [0.717, 1.165) is 64.2 Å². The van der Waals surface area contributed by atoms with Crippen LogP contribution in [0, 0.1) is 23.7 Å². The Morgan fingerprint density at radius 3 is 1.32 bits per heavy atom. The summed E-state index contributed by atoms with van der Waals surface area (Å²) in [7, 11) is 0. The van der Waals surface area contributed by atoms with Gasteiger partial charge in [-0.3, -0.25) is 0 Å². The zero-order chi connectivity index (χ0) is 20.2. The molecule has 2 aromatic carbocycles. The number of unbranched alkanes of at least 4 members (excludes halogenated alkanes) is 2. The van der Waals surface area contributed by atoms with Crippen LogP contribution in [0.25, 0.3) is 10.8 Å².